The van der Waals surface area contributed by atoms with Gasteiger partial charge in [-0.3, -0.25) is 9.59 Å². The molecule has 0 bridgehead atoms. The molecule has 2 amide bonds. The highest BCUT2D eigenvalue weighted by atomic mass is 32.1. The number of benzene rings is 1. The Morgan fingerprint density at radius 2 is 2.15 bits per heavy atom. The molecule has 2 aromatic rings. The Kier molecular flexibility index (Phi) is 5.46. The Labute approximate surface area is 152 Å². The third-order valence-corrected chi connectivity index (χ3v) is 4.86. The molecule has 138 valence electrons. The first kappa shape index (κ1) is 18.2. The number of thiazole rings is 1. The molecule has 9 heteroatoms. The Morgan fingerprint density at radius 1 is 1.42 bits per heavy atom. The summed E-state index contributed by atoms with van der Waals surface area (Å²) in [6.45, 7) is -0.828. The highest BCUT2D eigenvalue weighted by Gasteiger charge is 2.36. The van der Waals surface area contributed by atoms with Crippen molar-refractivity contribution in [2.75, 3.05) is 5.32 Å². The van der Waals surface area contributed by atoms with Crippen LogP contribution < -0.4 is 10.1 Å². The molecule has 3 rings (SSSR count). The van der Waals surface area contributed by atoms with Gasteiger partial charge in [0.15, 0.2) is 5.13 Å². The highest BCUT2D eigenvalue weighted by Crippen LogP contribution is 2.25. The van der Waals surface area contributed by atoms with Crippen molar-refractivity contribution < 1.29 is 23.1 Å². The molecule has 2 heterocycles. The van der Waals surface area contributed by atoms with Gasteiger partial charge in [-0.25, -0.2) is 4.98 Å². The molecular formula is C17H17F2N3O3S. The lowest BCUT2D eigenvalue weighted by Gasteiger charge is -2.23. The van der Waals surface area contributed by atoms with Gasteiger partial charge in [-0.2, -0.15) is 8.78 Å². The molecule has 0 radical (unpaired) electrons. The molecule has 6 nitrogen and oxygen atoms in total. The molecule has 1 aliphatic heterocycles. The molecule has 0 spiro atoms. The molecule has 0 unspecified atom stereocenters. The van der Waals surface area contributed by atoms with Gasteiger partial charge in [0.2, 0.25) is 11.8 Å². The fraction of sp³-hybridized carbons (Fsp3) is 0.353. The van der Waals surface area contributed by atoms with E-state index in [9.17, 15) is 18.4 Å². The van der Waals surface area contributed by atoms with E-state index in [1.165, 1.54) is 28.4 Å². The van der Waals surface area contributed by atoms with Crippen LogP contribution in [0.1, 0.15) is 24.1 Å². The number of carbonyl (C=O) groups excluding carboxylic acids is 2. The summed E-state index contributed by atoms with van der Waals surface area (Å²) in [5, 5.41) is 5.07. The topological polar surface area (TPSA) is 71.5 Å². The first-order valence-electron chi connectivity index (χ1n) is 7.98. The fourth-order valence-corrected chi connectivity index (χ4v) is 3.47. The van der Waals surface area contributed by atoms with Gasteiger partial charge >= 0.3 is 6.61 Å². The van der Waals surface area contributed by atoms with E-state index in [0.29, 0.717) is 18.0 Å². The summed E-state index contributed by atoms with van der Waals surface area (Å²) in [4.78, 5) is 30.4. The van der Waals surface area contributed by atoms with E-state index in [2.05, 4.69) is 15.0 Å². The largest absolute Gasteiger partial charge is 0.435 e. The predicted octanol–water partition coefficient (Wildman–Crippen LogP) is 3.18. The summed E-state index contributed by atoms with van der Waals surface area (Å²) < 4.78 is 28.7. The monoisotopic (exact) mass is 381 g/mol. The summed E-state index contributed by atoms with van der Waals surface area (Å²) in [7, 11) is 0. The van der Waals surface area contributed by atoms with E-state index >= 15 is 0 Å². The van der Waals surface area contributed by atoms with Gasteiger partial charge < -0.3 is 15.0 Å². The quantitative estimate of drug-likeness (QED) is 0.834. The average molecular weight is 381 g/mol. The summed E-state index contributed by atoms with van der Waals surface area (Å²) in [6, 6.07) is 5.44. The van der Waals surface area contributed by atoms with Crippen LogP contribution in [0.2, 0.25) is 0 Å². The Hall–Kier alpha value is -2.55. The van der Waals surface area contributed by atoms with E-state index in [4.69, 9.17) is 0 Å². The first-order chi connectivity index (χ1) is 12.4. The zero-order chi connectivity index (χ0) is 18.7. The van der Waals surface area contributed by atoms with Gasteiger partial charge in [0.1, 0.15) is 11.8 Å². The number of nitrogens with zero attached hydrogens (tertiary/aromatic N) is 2. The number of aryl methyl sites for hydroxylation is 1. The van der Waals surface area contributed by atoms with Crippen molar-refractivity contribution in [2.24, 2.45) is 0 Å². The van der Waals surface area contributed by atoms with Gasteiger partial charge in [-0.05, 0) is 31.0 Å². The van der Waals surface area contributed by atoms with Crippen molar-refractivity contribution >= 4 is 28.3 Å². The van der Waals surface area contributed by atoms with Crippen molar-refractivity contribution in [1.82, 2.24) is 9.88 Å². The number of alkyl halides is 2. The number of nitrogens with one attached hydrogen (secondary N) is 1. The van der Waals surface area contributed by atoms with Gasteiger partial charge in [-0.15, -0.1) is 11.3 Å². The lowest BCUT2D eigenvalue weighted by atomic mass is 10.1. The summed E-state index contributed by atoms with van der Waals surface area (Å²) in [6.07, 6.45) is 0.725. The van der Waals surface area contributed by atoms with Crippen LogP contribution >= 0.6 is 11.3 Å². The molecule has 1 fully saturated rings. The number of rotatable bonds is 6. The minimum Gasteiger partial charge on any atom is -0.435 e. The first-order valence-corrected chi connectivity index (χ1v) is 8.86. The second-order valence-corrected chi connectivity index (χ2v) is 6.74. The van der Waals surface area contributed by atoms with Crippen molar-refractivity contribution in [3.8, 4) is 5.75 Å². The third kappa shape index (κ3) is 4.34. The standard InChI is InChI=1S/C17H17F2N3O3S/c1-10-9-26-17(20-10)21-15(24)13-6-7-14(23)22(13)8-11-2-4-12(5-3-11)25-16(18)19/h2-5,9,13,16H,6-8H2,1H3,(H,20,21,24)/t13-/m1/s1. The van der Waals surface area contributed by atoms with Gasteiger partial charge in [0, 0.05) is 18.3 Å². The Balaban J connectivity index is 1.66. The number of hydrogen-bond donors (Lipinski definition) is 1. The van der Waals surface area contributed by atoms with E-state index in [-0.39, 0.29) is 24.1 Å². The second-order valence-electron chi connectivity index (χ2n) is 5.88. The van der Waals surface area contributed by atoms with E-state index < -0.39 is 12.7 Å². The lowest BCUT2D eigenvalue weighted by Crippen LogP contribution is -2.41. The van der Waals surface area contributed by atoms with Crippen LogP contribution in [0.25, 0.3) is 0 Å². The molecule has 0 saturated carbocycles. The number of carbonyl (C=O) groups is 2. The van der Waals surface area contributed by atoms with Gasteiger partial charge in [-0.1, -0.05) is 12.1 Å². The molecular weight excluding hydrogens is 364 g/mol. The van der Waals surface area contributed by atoms with Crippen LogP contribution in [0.3, 0.4) is 0 Å². The van der Waals surface area contributed by atoms with Crippen molar-refractivity contribution in [1.29, 1.82) is 0 Å². The van der Waals surface area contributed by atoms with Crippen LogP contribution in [0.5, 0.6) is 5.75 Å². The molecule has 1 atom stereocenters. The van der Waals surface area contributed by atoms with Crippen LogP contribution in [0.4, 0.5) is 13.9 Å². The number of aromatic nitrogens is 1. The van der Waals surface area contributed by atoms with Crippen molar-refractivity contribution in [3.63, 3.8) is 0 Å². The lowest BCUT2D eigenvalue weighted by molar-refractivity contribution is -0.133. The number of anilines is 1. The SMILES string of the molecule is Cc1csc(NC(=O)[C@H]2CCC(=O)N2Cc2ccc(OC(F)F)cc2)n1. The van der Waals surface area contributed by atoms with E-state index in [1.54, 1.807) is 12.1 Å². The number of halogens is 2. The molecule has 0 aliphatic carbocycles. The minimum atomic E-state index is -2.89. The van der Waals surface area contributed by atoms with Crippen molar-refractivity contribution in [2.45, 2.75) is 39.0 Å². The maximum Gasteiger partial charge on any atom is 0.387 e. The smallest absolute Gasteiger partial charge is 0.387 e. The fourth-order valence-electron chi connectivity index (χ4n) is 2.78. The van der Waals surface area contributed by atoms with Crippen LogP contribution in [-0.4, -0.2) is 34.4 Å². The zero-order valence-electron chi connectivity index (χ0n) is 13.9. The Morgan fingerprint density at radius 3 is 2.77 bits per heavy atom. The number of likely N-dealkylation sites (tertiary alicyclic amines) is 1. The second kappa shape index (κ2) is 7.77. The molecule has 1 saturated heterocycles. The summed E-state index contributed by atoms with van der Waals surface area (Å²) in [5.74, 6) is -0.346. The molecule has 1 N–H and O–H groups in total. The summed E-state index contributed by atoms with van der Waals surface area (Å²) in [5.41, 5.74) is 1.54. The average Bonchev–Trinajstić information content (AvgIpc) is 3.15. The molecule has 1 aromatic heterocycles. The van der Waals surface area contributed by atoms with Crippen LogP contribution in [0.15, 0.2) is 29.6 Å². The maximum absolute atomic E-state index is 12.5. The minimum absolute atomic E-state index is 0.0462. The predicted molar refractivity (Wildman–Crippen MR) is 92.1 cm³/mol. The highest BCUT2D eigenvalue weighted by molar-refractivity contribution is 7.13. The number of amides is 2. The summed E-state index contributed by atoms with van der Waals surface area (Å²) >= 11 is 1.33. The third-order valence-electron chi connectivity index (χ3n) is 3.98. The van der Waals surface area contributed by atoms with E-state index in [0.717, 1.165) is 11.3 Å². The maximum atomic E-state index is 12.5. The molecule has 1 aromatic carbocycles. The Bertz CT molecular complexity index is 795. The molecule has 26 heavy (non-hydrogen) atoms. The van der Waals surface area contributed by atoms with Crippen LogP contribution in [-0.2, 0) is 16.1 Å². The van der Waals surface area contributed by atoms with E-state index in [1.807, 2.05) is 12.3 Å². The van der Waals surface area contributed by atoms with Crippen molar-refractivity contribution in [3.05, 3.63) is 40.9 Å². The number of hydrogen-bond acceptors (Lipinski definition) is 5. The zero-order valence-corrected chi connectivity index (χ0v) is 14.8. The van der Waals surface area contributed by atoms with Crippen LogP contribution in [0, 0.1) is 6.92 Å². The molecule has 1 aliphatic rings. The van der Waals surface area contributed by atoms with Gasteiger partial charge in [0.25, 0.3) is 0 Å². The normalized spacial score (nSPS) is 17.0. The van der Waals surface area contributed by atoms with Gasteiger partial charge in [0.05, 0.1) is 5.69 Å². The number of ether oxygens (including phenoxy) is 1.